The molecule has 34 heavy (non-hydrogen) atoms. The number of hydrogen-bond donors (Lipinski definition) is 0. The number of amides is 1. The zero-order valence-corrected chi connectivity index (χ0v) is 18.4. The van der Waals surface area contributed by atoms with Crippen LogP contribution < -0.4 is 15.2 Å². The first-order valence-electron chi connectivity index (χ1n) is 10.8. The maximum Gasteiger partial charge on any atom is 0.359 e. The van der Waals surface area contributed by atoms with Gasteiger partial charge in [-0.3, -0.25) is 9.59 Å². The lowest BCUT2D eigenvalue weighted by atomic mass is 10.0. The predicted octanol–water partition coefficient (Wildman–Crippen LogP) is 4.86. The Hall–Kier alpha value is -4.52. The van der Waals surface area contributed by atoms with Gasteiger partial charge in [-0.25, -0.2) is 9.80 Å². The standard InChI is InChI=1S/C27H20N2O5/c1-17-25(18-8-4-2-5-9-18)26(31)21-13-12-20(16-23(21)33-17)34-27(32)22-14-15-24(30)29(28-22)19-10-6-3-7-11-19/h2-13,16H,14-15H2,1H3. The molecule has 5 rings (SSSR count). The van der Waals surface area contributed by atoms with E-state index < -0.39 is 5.97 Å². The van der Waals surface area contributed by atoms with Gasteiger partial charge in [-0.2, -0.15) is 5.10 Å². The predicted molar refractivity (Wildman–Crippen MR) is 129 cm³/mol. The minimum atomic E-state index is -0.659. The van der Waals surface area contributed by atoms with E-state index in [1.54, 1.807) is 43.3 Å². The third kappa shape index (κ3) is 3.99. The topological polar surface area (TPSA) is 89.2 Å². The van der Waals surface area contributed by atoms with E-state index in [9.17, 15) is 14.4 Å². The molecule has 168 valence electrons. The number of fused-ring (bicyclic) bond motifs is 1. The molecule has 0 bridgehead atoms. The molecule has 1 amide bonds. The minimum absolute atomic E-state index is 0.139. The van der Waals surface area contributed by atoms with Crippen molar-refractivity contribution in [3.63, 3.8) is 0 Å². The average molecular weight is 452 g/mol. The van der Waals surface area contributed by atoms with Crippen molar-refractivity contribution in [3.05, 3.63) is 94.8 Å². The molecule has 1 aromatic heterocycles. The Kier molecular flexibility index (Phi) is 5.51. The number of aryl methyl sites for hydroxylation is 1. The van der Waals surface area contributed by atoms with E-state index in [0.717, 1.165) is 5.56 Å². The summed E-state index contributed by atoms with van der Waals surface area (Å²) in [4.78, 5) is 38.2. The molecule has 0 fully saturated rings. The van der Waals surface area contributed by atoms with Gasteiger partial charge in [0, 0.05) is 18.9 Å². The average Bonchev–Trinajstić information content (AvgIpc) is 2.85. The van der Waals surface area contributed by atoms with Gasteiger partial charge in [0.1, 0.15) is 22.8 Å². The number of esters is 1. The largest absolute Gasteiger partial charge is 0.460 e. The summed E-state index contributed by atoms with van der Waals surface area (Å²) in [6, 6.07) is 22.9. The number of ether oxygens (including phenoxy) is 1. The summed E-state index contributed by atoms with van der Waals surface area (Å²) in [5.74, 6) is -0.160. The second kappa shape index (κ2) is 8.78. The molecule has 3 aromatic carbocycles. The Morgan fingerprint density at radius 1 is 0.941 bits per heavy atom. The second-order valence-corrected chi connectivity index (χ2v) is 7.86. The zero-order valence-electron chi connectivity index (χ0n) is 18.4. The molecule has 7 heteroatoms. The lowest BCUT2D eigenvalue weighted by Gasteiger charge is -2.22. The van der Waals surface area contributed by atoms with Gasteiger partial charge in [-0.05, 0) is 36.8 Å². The van der Waals surface area contributed by atoms with Crippen LogP contribution in [0.3, 0.4) is 0 Å². The molecule has 1 aliphatic heterocycles. The van der Waals surface area contributed by atoms with Crippen molar-refractivity contribution in [1.29, 1.82) is 0 Å². The number of carbonyl (C=O) groups is 2. The maximum absolute atomic E-state index is 13.1. The molecular weight excluding hydrogens is 432 g/mol. The van der Waals surface area contributed by atoms with E-state index in [2.05, 4.69) is 5.10 Å². The van der Waals surface area contributed by atoms with Crippen molar-refractivity contribution < 1.29 is 18.7 Å². The Morgan fingerprint density at radius 2 is 1.65 bits per heavy atom. The molecule has 0 saturated heterocycles. The van der Waals surface area contributed by atoms with Crippen LogP contribution in [0.5, 0.6) is 5.75 Å². The highest BCUT2D eigenvalue weighted by atomic mass is 16.5. The van der Waals surface area contributed by atoms with Crippen molar-refractivity contribution in [2.24, 2.45) is 5.10 Å². The van der Waals surface area contributed by atoms with Gasteiger partial charge >= 0.3 is 5.97 Å². The summed E-state index contributed by atoms with van der Waals surface area (Å²) in [6.45, 7) is 1.73. The number of nitrogens with zero attached hydrogens (tertiary/aromatic N) is 2. The first kappa shape index (κ1) is 21.3. The van der Waals surface area contributed by atoms with Crippen LogP contribution in [0.15, 0.2) is 93.2 Å². The fraction of sp³-hybridized carbons (Fsp3) is 0.111. The monoisotopic (exact) mass is 452 g/mol. The van der Waals surface area contributed by atoms with Crippen LogP contribution in [0, 0.1) is 6.92 Å². The van der Waals surface area contributed by atoms with Gasteiger partial charge in [-0.1, -0.05) is 48.5 Å². The molecule has 0 atom stereocenters. The van der Waals surface area contributed by atoms with Gasteiger partial charge in [-0.15, -0.1) is 0 Å². The van der Waals surface area contributed by atoms with Crippen molar-refractivity contribution in [2.75, 3.05) is 5.01 Å². The van der Waals surface area contributed by atoms with Crippen LogP contribution in [-0.2, 0) is 9.59 Å². The number of rotatable bonds is 4. The van der Waals surface area contributed by atoms with Crippen LogP contribution in [0.4, 0.5) is 5.69 Å². The summed E-state index contributed by atoms with van der Waals surface area (Å²) in [7, 11) is 0. The smallest absolute Gasteiger partial charge is 0.359 e. The number of anilines is 1. The van der Waals surface area contributed by atoms with Gasteiger partial charge in [0.2, 0.25) is 11.3 Å². The molecule has 0 radical (unpaired) electrons. The number of para-hydroxylation sites is 1. The second-order valence-electron chi connectivity index (χ2n) is 7.86. The maximum atomic E-state index is 13.1. The Bertz CT molecular complexity index is 1490. The van der Waals surface area contributed by atoms with Gasteiger partial charge < -0.3 is 9.15 Å². The van der Waals surface area contributed by atoms with Crippen LogP contribution in [0.25, 0.3) is 22.1 Å². The highest BCUT2D eigenvalue weighted by molar-refractivity contribution is 6.38. The highest BCUT2D eigenvalue weighted by Gasteiger charge is 2.27. The summed E-state index contributed by atoms with van der Waals surface area (Å²) in [6.07, 6.45) is 0.333. The lowest BCUT2D eigenvalue weighted by molar-refractivity contribution is -0.127. The molecule has 0 spiro atoms. The summed E-state index contributed by atoms with van der Waals surface area (Å²) in [5.41, 5.74) is 2.16. The van der Waals surface area contributed by atoms with E-state index in [-0.39, 0.29) is 35.6 Å². The normalized spacial score (nSPS) is 13.6. The first-order chi connectivity index (χ1) is 16.5. The number of hydrazone groups is 1. The molecular formula is C27H20N2O5. The van der Waals surface area contributed by atoms with Crippen molar-refractivity contribution in [3.8, 4) is 16.9 Å². The van der Waals surface area contributed by atoms with E-state index in [0.29, 0.717) is 28.0 Å². The quantitative estimate of drug-likeness (QED) is 0.326. The minimum Gasteiger partial charge on any atom is -0.460 e. The summed E-state index contributed by atoms with van der Waals surface area (Å²) in [5, 5.41) is 5.82. The van der Waals surface area contributed by atoms with E-state index in [1.165, 1.54) is 11.1 Å². The van der Waals surface area contributed by atoms with Crippen LogP contribution in [0.2, 0.25) is 0 Å². The first-order valence-corrected chi connectivity index (χ1v) is 10.8. The summed E-state index contributed by atoms with van der Waals surface area (Å²) < 4.78 is 11.4. The fourth-order valence-electron chi connectivity index (χ4n) is 3.93. The number of carbonyl (C=O) groups excluding carboxylic acids is 2. The molecule has 0 aliphatic carbocycles. The molecule has 1 aliphatic rings. The molecule has 2 heterocycles. The third-order valence-corrected chi connectivity index (χ3v) is 5.58. The van der Waals surface area contributed by atoms with E-state index in [4.69, 9.17) is 9.15 Å². The van der Waals surface area contributed by atoms with Crippen LogP contribution >= 0.6 is 0 Å². The van der Waals surface area contributed by atoms with Crippen LogP contribution in [0.1, 0.15) is 18.6 Å². The molecule has 7 nitrogen and oxygen atoms in total. The fourth-order valence-corrected chi connectivity index (χ4v) is 3.93. The zero-order chi connectivity index (χ0) is 23.7. The Balaban J connectivity index is 1.43. The molecule has 4 aromatic rings. The summed E-state index contributed by atoms with van der Waals surface area (Å²) >= 11 is 0. The Morgan fingerprint density at radius 3 is 2.38 bits per heavy atom. The number of hydrogen-bond acceptors (Lipinski definition) is 6. The van der Waals surface area contributed by atoms with Gasteiger partial charge in [0.15, 0.2) is 0 Å². The Labute approximate surface area is 194 Å². The molecule has 0 unspecified atom stereocenters. The van der Waals surface area contributed by atoms with Gasteiger partial charge in [0.05, 0.1) is 16.6 Å². The SMILES string of the molecule is Cc1oc2cc(OC(=O)C3=NN(c4ccccc4)C(=O)CC3)ccc2c(=O)c1-c1ccccc1. The van der Waals surface area contributed by atoms with Crippen LogP contribution in [-0.4, -0.2) is 17.6 Å². The highest BCUT2D eigenvalue weighted by Crippen LogP contribution is 2.27. The number of benzene rings is 3. The van der Waals surface area contributed by atoms with Crippen molar-refractivity contribution in [2.45, 2.75) is 19.8 Å². The molecule has 0 saturated carbocycles. The van der Waals surface area contributed by atoms with E-state index in [1.807, 2.05) is 36.4 Å². The molecule has 0 N–H and O–H groups in total. The third-order valence-electron chi connectivity index (χ3n) is 5.58. The van der Waals surface area contributed by atoms with Crippen molar-refractivity contribution >= 4 is 34.2 Å². The van der Waals surface area contributed by atoms with Crippen molar-refractivity contribution in [1.82, 2.24) is 0 Å². The van der Waals surface area contributed by atoms with E-state index >= 15 is 0 Å². The van der Waals surface area contributed by atoms with Gasteiger partial charge in [0.25, 0.3) is 0 Å². The lowest BCUT2D eigenvalue weighted by Crippen LogP contribution is -2.35.